The van der Waals surface area contributed by atoms with E-state index < -0.39 is 17.7 Å². The third-order valence-corrected chi connectivity index (χ3v) is 5.06. The van der Waals surface area contributed by atoms with E-state index in [9.17, 15) is 9.90 Å². The van der Waals surface area contributed by atoms with Crippen molar-refractivity contribution in [1.29, 1.82) is 0 Å². The Morgan fingerprint density at radius 2 is 1.81 bits per heavy atom. The molecule has 2 aromatic carbocycles. The summed E-state index contributed by atoms with van der Waals surface area (Å²) in [5.74, 6) is -0.596. The molecule has 0 amide bonds. The third kappa shape index (κ3) is 4.89. The van der Waals surface area contributed by atoms with E-state index in [4.69, 9.17) is 21.1 Å². The number of aromatic nitrogens is 1. The average Bonchev–Trinajstić information content (AvgIpc) is 2.70. The number of aryl methyl sites for hydroxylation is 1. The number of ether oxygens (including phenoxy) is 2. The van der Waals surface area contributed by atoms with Crippen molar-refractivity contribution in [3.8, 4) is 11.1 Å². The van der Waals surface area contributed by atoms with Crippen LogP contribution in [-0.4, -0.2) is 28.8 Å². The topological polar surface area (TPSA) is 68.7 Å². The molecular weight excluding hydrogens is 414 g/mol. The summed E-state index contributed by atoms with van der Waals surface area (Å²) in [5.41, 5.74) is 3.67. The Balaban J connectivity index is 2.38. The van der Waals surface area contributed by atoms with Crippen LogP contribution in [0.3, 0.4) is 0 Å². The Morgan fingerprint density at radius 1 is 1.16 bits per heavy atom. The molecule has 6 heteroatoms. The van der Waals surface area contributed by atoms with Crippen molar-refractivity contribution >= 4 is 28.5 Å². The van der Waals surface area contributed by atoms with Crippen LogP contribution < -0.4 is 0 Å². The van der Waals surface area contributed by atoms with Crippen molar-refractivity contribution in [3.05, 3.63) is 76.6 Å². The number of nitrogens with zero attached hydrogens (tertiary/aromatic N) is 1. The van der Waals surface area contributed by atoms with Gasteiger partial charge in [0, 0.05) is 10.4 Å². The van der Waals surface area contributed by atoms with Gasteiger partial charge in [-0.1, -0.05) is 30.3 Å². The number of carbonyl (C=O) groups excluding carboxylic acids is 1. The van der Waals surface area contributed by atoms with Gasteiger partial charge in [0.15, 0.2) is 0 Å². The number of aliphatic hydroxyl groups excluding tert-OH is 1. The minimum absolute atomic E-state index is 0.0910. The summed E-state index contributed by atoms with van der Waals surface area (Å²) in [6, 6.07) is 12.7. The highest BCUT2D eigenvalue weighted by Crippen LogP contribution is 2.42. The first-order chi connectivity index (χ1) is 14.5. The molecule has 0 saturated carbocycles. The number of methoxy groups -OCH3 is 1. The molecule has 0 unspecified atom stereocenters. The molecular formula is C25H26ClNO4. The van der Waals surface area contributed by atoms with Crippen LogP contribution in [0.5, 0.6) is 0 Å². The summed E-state index contributed by atoms with van der Waals surface area (Å²) in [6.45, 7) is 11.5. The minimum atomic E-state index is -0.754. The Bertz CT molecular complexity index is 1150. The Labute approximate surface area is 187 Å². The Hall–Kier alpha value is -2.89. The van der Waals surface area contributed by atoms with E-state index in [-0.39, 0.29) is 11.5 Å². The van der Waals surface area contributed by atoms with Crippen LogP contribution in [0.4, 0.5) is 0 Å². The number of aliphatic hydroxyl groups is 1. The first-order valence-corrected chi connectivity index (χ1v) is 10.2. The van der Waals surface area contributed by atoms with E-state index in [1.165, 1.54) is 7.11 Å². The SMILES string of the molecule is C=C(O)[C@@H](OC(C)(C)C)c1c(C)cc2nc(C(=O)OC)ccc2c1-c1ccc(Cl)cc1. The van der Waals surface area contributed by atoms with Crippen molar-refractivity contribution in [3.63, 3.8) is 0 Å². The van der Waals surface area contributed by atoms with Gasteiger partial charge in [-0.3, -0.25) is 0 Å². The van der Waals surface area contributed by atoms with Gasteiger partial charge in [0.05, 0.1) is 18.2 Å². The average molecular weight is 440 g/mol. The van der Waals surface area contributed by atoms with E-state index in [1.54, 1.807) is 18.2 Å². The summed E-state index contributed by atoms with van der Waals surface area (Å²) in [4.78, 5) is 16.5. The predicted molar refractivity (Wildman–Crippen MR) is 124 cm³/mol. The molecule has 31 heavy (non-hydrogen) atoms. The maximum atomic E-state index is 12.0. The molecule has 1 N–H and O–H groups in total. The molecule has 162 valence electrons. The van der Waals surface area contributed by atoms with Crippen LogP contribution in [0.1, 0.15) is 48.5 Å². The van der Waals surface area contributed by atoms with Crippen molar-refractivity contribution < 1.29 is 19.4 Å². The molecule has 1 atom stereocenters. The maximum absolute atomic E-state index is 12.0. The van der Waals surface area contributed by atoms with Gasteiger partial charge >= 0.3 is 5.97 Å². The molecule has 1 heterocycles. The fourth-order valence-electron chi connectivity index (χ4n) is 3.55. The fourth-order valence-corrected chi connectivity index (χ4v) is 3.68. The number of hydrogen-bond acceptors (Lipinski definition) is 5. The molecule has 0 radical (unpaired) electrons. The number of pyridine rings is 1. The zero-order valence-electron chi connectivity index (χ0n) is 18.3. The summed E-state index contributed by atoms with van der Waals surface area (Å²) in [6.07, 6.45) is -0.754. The third-order valence-electron chi connectivity index (χ3n) is 4.81. The highest BCUT2D eigenvalue weighted by Gasteiger charge is 2.29. The largest absolute Gasteiger partial charge is 0.510 e. The van der Waals surface area contributed by atoms with Gasteiger partial charge in [-0.05, 0) is 80.3 Å². The lowest BCUT2D eigenvalue weighted by molar-refractivity contribution is -0.0595. The van der Waals surface area contributed by atoms with E-state index in [1.807, 2.05) is 52.0 Å². The number of hydrogen-bond donors (Lipinski definition) is 1. The molecule has 0 aliphatic rings. The Morgan fingerprint density at radius 3 is 2.35 bits per heavy atom. The standard InChI is InChI=1S/C25H26ClNO4/c1-14-13-20-18(11-12-19(27-20)24(29)30-6)22(16-7-9-17(26)10-8-16)21(14)23(15(2)28)31-25(3,4)5/h7-13,23,28H,2H2,1,3-6H3/t23-/m1/s1. The molecule has 0 bridgehead atoms. The number of benzene rings is 2. The minimum Gasteiger partial charge on any atom is -0.510 e. The monoisotopic (exact) mass is 439 g/mol. The van der Waals surface area contributed by atoms with E-state index in [0.717, 1.165) is 27.6 Å². The smallest absolute Gasteiger partial charge is 0.356 e. The lowest BCUT2D eigenvalue weighted by atomic mass is 9.88. The number of halogens is 1. The zero-order chi connectivity index (χ0) is 22.9. The van der Waals surface area contributed by atoms with Crippen LogP contribution >= 0.6 is 11.6 Å². The van der Waals surface area contributed by atoms with Gasteiger partial charge in [-0.15, -0.1) is 0 Å². The number of fused-ring (bicyclic) bond motifs is 1. The number of carbonyl (C=O) groups is 1. The summed E-state index contributed by atoms with van der Waals surface area (Å²) >= 11 is 6.12. The first-order valence-electron chi connectivity index (χ1n) is 9.86. The summed E-state index contributed by atoms with van der Waals surface area (Å²) in [7, 11) is 1.32. The maximum Gasteiger partial charge on any atom is 0.356 e. The molecule has 1 aromatic heterocycles. The van der Waals surface area contributed by atoms with Crippen molar-refractivity contribution in [2.75, 3.05) is 7.11 Å². The van der Waals surface area contributed by atoms with E-state index >= 15 is 0 Å². The summed E-state index contributed by atoms with van der Waals surface area (Å²) in [5, 5.41) is 11.9. The molecule has 0 fully saturated rings. The Kier molecular flexibility index (Phi) is 6.39. The van der Waals surface area contributed by atoms with Gasteiger partial charge in [0.1, 0.15) is 17.6 Å². The molecule has 3 rings (SSSR count). The second-order valence-corrected chi connectivity index (χ2v) is 8.78. The van der Waals surface area contributed by atoms with Crippen LogP contribution in [0.25, 0.3) is 22.0 Å². The molecule has 3 aromatic rings. The highest BCUT2D eigenvalue weighted by atomic mass is 35.5. The zero-order valence-corrected chi connectivity index (χ0v) is 19.1. The van der Waals surface area contributed by atoms with Crippen molar-refractivity contribution in [1.82, 2.24) is 4.98 Å². The van der Waals surface area contributed by atoms with Crippen LogP contribution in [0, 0.1) is 6.92 Å². The molecule has 0 aliphatic heterocycles. The predicted octanol–water partition coefficient (Wildman–Crippen LogP) is 6.58. The lowest BCUT2D eigenvalue weighted by Crippen LogP contribution is -2.24. The number of rotatable bonds is 5. The first kappa shape index (κ1) is 22.8. The van der Waals surface area contributed by atoms with Gasteiger partial charge in [0.25, 0.3) is 0 Å². The van der Waals surface area contributed by atoms with Crippen LogP contribution in [0.2, 0.25) is 5.02 Å². The second kappa shape index (κ2) is 8.69. The molecule has 0 saturated heterocycles. The van der Waals surface area contributed by atoms with Crippen LogP contribution in [0.15, 0.2) is 54.8 Å². The molecule has 0 spiro atoms. The highest BCUT2D eigenvalue weighted by molar-refractivity contribution is 6.30. The fraction of sp³-hybridized carbons (Fsp3) is 0.280. The summed E-state index contributed by atoms with van der Waals surface area (Å²) < 4.78 is 11.0. The normalized spacial score (nSPS) is 12.6. The number of esters is 1. The lowest BCUT2D eigenvalue weighted by Gasteiger charge is -2.30. The van der Waals surface area contributed by atoms with Crippen molar-refractivity contribution in [2.45, 2.75) is 39.4 Å². The van der Waals surface area contributed by atoms with E-state index in [0.29, 0.717) is 10.5 Å². The van der Waals surface area contributed by atoms with E-state index in [2.05, 4.69) is 11.6 Å². The second-order valence-electron chi connectivity index (χ2n) is 8.35. The quantitative estimate of drug-likeness (QED) is 0.359. The van der Waals surface area contributed by atoms with Crippen molar-refractivity contribution in [2.24, 2.45) is 0 Å². The van der Waals surface area contributed by atoms with Crippen LogP contribution in [-0.2, 0) is 9.47 Å². The van der Waals surface area contributed by atoms with Gasteiger partial charge in [-0.25, -0.2) is 9.78 Å². The molecule has 5 nitrogen and oxygen atoms in total. The van der Waals surface area contributed by atoms with Gasteiger partial charge < -0.3 is 14.6 Å². The van der Waals surface area contributed by atoms with Gasteiger partial charge in [-0.2, -0.15) is 0 Å². The molecule has 0 aliphatic carbocycles. The van der Waals surface area contributed by atoms with Gasteiger partial charge in [0.2, 0.25) is 0 Å².